The lowest BCUT2D eigenvalue weighted by Crippen LogP contribution is -2.61. The lowest BCUT2D eigenvalue weighted by molar-refractivity contribution is -0.167. The normalized spacial score (nSPS) is 21.7. The van der Waals surface area contributed by atoms with E-state index in [4.69, 9.17) is 10.5 Å². The highest BCUT2D eigenvalue weighted by atomic mass is 19.4. The number of nitrogens with two attached hydrogens (primary N) is 1. The molecule has 1 aromatic heterocycles. The summed E-state index contributed by atoms with van der Waals surface area (Å²) in [5.41, 5.74) is 4.19. The van der Waals surface area contributed by atoms with Crippen molar-refractivity contribution in [2.75, 3.05) is 26.2 Å². The molecule has 2 aliphatic heterocycles. The number of benzene rings is 1. The Kier molecular flexibility index (Phi) is 9.02. The molecule has 3 N–H and O–H groups in total. The summed E-state index contributed by atoms with van der Waals surface area (Å²) in [4.78, 5) is 59.2. The zero-order chi connectivity index (χ0) is 30.7. The highest BCUT2D eigenvalue weighted by molar-refractivity contribution is 6.08. The van der Waals surface area contributed by atoms with Gasteiger partial charge in [-0.05, 0) is 38.0 Å². The topological polar surface area (TPSA) is 135 Å². The predicted octanol–water partition coefficient (Wildman–Crippen LogP) is 1.83. The Morgan fingerprint density at radius 3 is 2.45 bits per heavy atom. The number of amides is 4. The molecule has 3 atom stereocenters. The van der Waals surface area contributed by atoms with Gasteiger partial charge in [0, 0.05) is 31.4 Å². The second-order valence-electron chi connectivity index (χ2n) is 11.3. The molecular formula is C29H34F3N5O5. The van der Waals surface area contributed by atoms with Crippen molar-refractivity contribution in [2.24, 2.45) is 17.1 Å². The van der Waals surface area contributed by atoms with Crippen LogP contribution in [-0.2, 0) is 36.9 Å². The molecule has 1 unspecified atom stereocenters. The van der Waals surface area contributed by atoms with E-state index < -0.39 is 59.3 Å². The fourth-order valence-electron chi connectivity index (χ4n) is 5.43. The lowest BCUT2D eigenvalue weighted by atomic mass is 9.69. The third kappa shape index (κ3) is 6.96. The van der Waals surface area contributed by atoms with Crippen LogP contribution in [0.1, 0.15) is 31.5 Å². The summed E-state index contributed by atoms with van der Waals surface area (Å²) in [7, 11) is 0. The largest absolute Gasteiger partial charge is 0.406 e. The standard InChI is InChI=1S/C29H34F3N5O5/c1-27(2,33)25(40)35-22(16-42-15-19-8-4-3-5-9-19)24(39)36-13-11-21-23(38)37(18-29(30,31)32)26(41)28(21,17-36)14-20-10-6-7-12-34-20/h3-10,12,21-22H,11,13-18,33H2,1-2H3,(H,35,40)/t21?,22-,28-/m1/s1. The van der Waals surface area contributed by atoms with Crippen molar-refractivity contribution in [3.05, 3.63) is 66.0 Å². The maximum absolute atomic E-state index is 13.9. The summed E-state index contributed by atoms with van der Waals surface area (Å²) in [6.45, 7) is 0.816. The molecule has 3 heterocycles. The number of pyridine rings is 1. The van der Waals surface area contributed by atoms with Gasteiger partial charge in [0.15, 0.2) is 0 Å². The molecule has 226 valence electrons. The number of carbonyl (C=O) groups excluding carboxylic acids is 4. The van der Waals surface area contributed by atoms with Gasteiger partial charge in [-0.2, -0.15) is 13.2 Å². The average molecular weight is 590 g/mol. The second-order valence-corrected chi connectivity index (χ2v) is 11.3. The summed E-state index contributed by atoms with van der Waals surface area (Å²) in [6, 6.07) is 12.9. The number of imide groups is 1. The molecule has 0 aliphatic carbocycles. The number of alkyl halides is 3. The zero-order valence-corrected chi connectivity index (χ0v) is 23.4. The van der Waals surface area contributed by atoms with E-state index in [1.165, 1.54) is 24.9 Å². The number of halogens is 3. The van der Waals surface area contributed by atoms with E-state index in [0.717, 1.165) is 5.56 Å². The fourth-order valence-corrected chi connectivity index (χ4v) is 5.43. The Hall–Kier alpha value is -3.84. The lowest BCUT2D eigenvalue weighted by Gasteiger charge is -2.42. The molecule has 2 aromatic rings. The van der Waals surface area contributed by atoms with Crippen molar-refractivity contribution < 1.29 is 37.1 Å². The Balaban J connectivity index is 1.61. The summed E-state index contributed by atoms with van der Waals surface area (Å²) >= 11 is 0. The van der Waals surface area contributed by atoms with Crippen LogP contribution in [0, 0.1) is 11.3 Å². The highest BCUT2D eigenvalue weighted by Gasteiger charge is 2.63. The minimum absolute atomic E-state index is 0.0105. The monoisotopic (exact) mass is 589 g/mol. The summed E-state index contributed by atoms with van der Waals surface area (Å²) in [5.74, 6) is -4.20. The molecule has 0 radical (unpaired) electrons. The van der Waals surface area contributed by atoms with E-state index >= 15 is 0 Å². The molecule has 2 saturated heterocycles. The van der Waals surface area contributed by atoms with Gasteiger partial charge in [-0.3, -0.25) is 29.1 Å². The Bertz CT molecular complexity index is 1300. The third-order valence-electron chi connectivity index (χ3n) is 7.52. The number of ether oxygens (including phenoxy) is 1. The molecule has 0 saturated carbocycles. The number of rotatable bonds is 10. The van der Waals surface area contributed by atoms with E-state index in [-0.39, 0.29) is 44.0 Å². The molecule has 42 heavy (non-hydrogen) atoms. The first-order valence-electron chi connectivity index (χ1n) is 13.5. The first-order chi connectivity index (χ1) is 19.7. The minimum atomic E-state index is -4.79. The van der Waals surface area contributed by atoms with Crippen LogP contribution in [0.5, 0.6) is 0 Å². The van der Waals surface area contributed by atoms with Gasteiger partial charge < -0.3 is 20.7 Å². The molecule has 10 nitrogen and oxygen atoms in total. The predicted molar refractivity (Wildman–Crippen MR) is 144 cm³/mol. The number of carbonyl (C=O) groups is 4. The molecule has 13 heteroatoms. The number of likely N-dealkylation sites (tertiary alicyclic amines) is 2. The molecule has 2 fully saturated rings. The van der Waals surface area contributed by atoms with Crippen molar-refractivity contribution in [1.29, 1.82) is 0 Å². The SMILES string of the molecule is CC(C)(N)C(=O)N[C@H](COCc1ccccc1)C(=O)N1CCC2C(=O)N(CC(F)(F)F)C(=O)[C@]2(Cc2ccccn2)C1. The number of hydrogen-bond acceptors (Lipinski definition) is 7. The van der Waals surface area contributed by atoms with Crippen molar-refractivity contribution in [3.8, 4) is 0 Å². The molecule has 4 rings (SSSR count). The Labute approximate surface area is 241 Å². The van der Waals surface area contributed by atoms with Crippen LogP contribution >= 0.6 is 0 Å². The van der Waals surface area contributed by atoms with Gasteiger partial charge in [0.05, 0.1) is 30.1 Å². The van der Waals surface area contributed by atoms with Crippen LogP contribution in [0.3, 0.4) is 0 Å². The van der Waals surface area contributed by atoms with E-state index in [2.05, 4.69) is 10.3 Å². The minimum Gasteiger partial charge on any atom is -0.374 e. The van der Waals surface area contributed by atoms with Crippen LogP contribution in [0.4, 0.5) is 13.2 Å². The summed E-state index contributed by atoms with van der Waals surface area (Å²) < 4.78 is 45.9. The van der Waals surface area contributed by atoms with Gasteiger partial charge in [0.25, 0.3) is 0 Å². The van der Waals surface area contributed by atoms with Crippen molar-refractivity contribution >= 4 is 23.6 Å². The first kappa shape index (κ1) is 31.1. The van der Waals surface area contributed by atoms with Crippen molar-refractivity contribution in [3.63, 3.8) is 0 Å². The second kappa shape index (κ2) is 12.2. The van der Waals surface area contributed by atoms with Crippen LogP contribution < -0.4 is 11.1 Å². The van der Waals surface area contributed by atoms with Crippen molar-refractivity contribution in [1.82, 2.24) is 20.1 Å². The van der Waals surface area contributed by atoms with Gasteiger partial charge in [-0.25, -0.2) is 0 Å². The summed E-state index contributed by atoms with van der Waals surface area (Å²) in [5, 5.41) is 2.62. The maximum atomic E-state index is 13.9. The van der Waals surface area contributed by atoms with Gasteiger partial charge in [-0.15, -0.1) is 0 Å². The first-order valence-corrected chi connectivity index (χ1v) is 13.5. The van der Waals surface area contributed by atoms with E-state index in [1.54, 1.807) is 18.2 Å². The number of piperidine rings is 1. The third-order valence-corrected chi connectivity index (χ3v) is 7.52. The quantitative estimate of drug-likeness (QED) is 0.404. The fraction of sp³-hybridized carbons (Fsp3) is 0.483. The molecule has 2 aliphatic rings. The van der Waals surface area contributed by atoms with Crippen molar-refractivity contribution in [2.45, 2.75) is 51.1 Å². The molecule has 0 bridgehead atoms. The number of hydrogen-bond donors (Lipinski definition) is 2. The zero-order valence-electron chi connectivity index (χ0n) is 23.4. The molecule has 0 spiro atoms. The maximum Gasteiger partial charge on any atom is 0.406 e. The number of fused-ring (bicyclic) bond motifs is 1. The summed E-state index contributed by atoms with van der Waals surface area (Å²) in [6.07, 6.45) is -3.49. The van der Waals surface area contributed by atoms with E-state index in [0.29, 0.717) is 5.69 Å². The van der Waals surface area contributed by atoms with Gasteiger partial charge in [0.1, 0.15) is 12.6 Å². The van der Waals surface area contributed by atoms with Crippen LogP contribution in [0.2, 0.25) is 0 Å². The molecule has 1 aromatic carbocycles. The van der Waals surface area contributed by atoms with Gasteiger partial charge in [-0.1, -0.05) is 36.4 Å². The number of nitrogens with one attached hydrogen (secondary N) is 1. The van der Waals surface area contributed by atoms with Crippen LogP contribution in [-0.4, -0.2) is 82.4 Å². The number of aromatic nitrogens is 1. The van der Waals surface area contributed by atoms with Crippen LogP contribution in [0.15, 0.2) is 54.7 Å². The Morgan fingerprint density at radius 2 is 1.83 bits per heavy atom. The molecule has 4 amide bonds. The van der Waals surface area contributed by atoms with Gasteiger partial charge >= 0.3 is 6.18 Å². The molecular weight excluding hydrogens is 555 g/mol. The number of nitrogens with zero attached hydrogens (tertiary/aromatic N) is 3. The Morgan fingerprint density at radius 1 is 1.14 bits per heavy atom. The van der Waals surface area contributed by atoms with Gasteiger partial charge in [0.2, 0.25) is 23.6 Å². The van der Waals surface area contributed by atoms with E-state index in [9.17, 15) is 32.3 Å². The average Bonchev–Trinajstić information content (AvgIpc) is 3.12. The highest BCUT2D eigenvalue weighted by Crippen LogP contribution is 2.47. The van der Waals surface area contributed by atoms with E-state index in [1.807, 2.05) is 30.3 Å². The van der Waals surface area contributed by atoms with Crippen LogP contribution in [0.25, 0.3) is 0 Å². The smallest absolute Gasteiger partial charge is 0.374 e.